The average Bonchev–Trinajstić information content (AvgIpc) is 3.40. The Morgan fingerprint density at radius 3 is 2.31 bits per heavy atom. The zero-order valence-electron chi connectivity index (χ0n) is 25.0. The molecule has 10 nitrogen and oxygen atoms in total. The molecule has 0 atom stereocenters. The highest BCUT2D eigenvalue weighted by Crippen LogP contribution is 2.39. The van der Waals surface area contributed by atoms with Gasteiger partial charge in [-0.05, 0) is 58.4 Å². The van der Waals surface area contributed by atoms with Crippen molar-refractivity contribution >= 4 is 49.0 Å². The van der Waals surface area contributed by atoms with Gasteiger partial charge >= 0.3 is 12.3 Å². The van der Waals surface area contributed by atoms with Gasteiger partial charge in [-0.25, -0.2) is 29.1 Å². The summed E-state index contributed by atoms with van der Waals surface area (Å²) in [6.45, 7) is 5.78. The number of halogens is 3. The molecule has 0 N–H and O–H groups in total. The molecule has 1 fully saturated rings. The molecule has 3 rings (SSSR count). The number of aromatic nitrogens is 2. The second-order valence-corrected chi connectivity index (χ2v) is 19.0. The van der Waals surface area contributed by atoms with Gasteiger partial charge in [0.25, 0.3) is 10.0 Å². The minimum Gasteiger partial charge on any atom is -0.444 e. The predicted molar refractivity (Wildman–Crippen MR) is 161 cm³/mol. The number of nitrogens with zero attached hydrogens (tertiary/aromatic N) is 5. The van der Waals surface area contributed by atoms with Crippen LogP contribution < -0.4 is 9.21 Å². The molecule has 2 aromatic heterocycles. The van der Waals surface area contributed by atoms with E-state index in [0.717, 1.165) is 27.6 Å². The van der Waals surface area contributed by atoms with Crippen molar-refractivity contribution in [2.45, 2.75) is 56.5 Å². The molecular formula is C26H40F3N5O5S3. The molecule has 0 aliphatic carbocycles. The summed E-state index contributed by atoms with van der Waals surface area (Å²) < 4.78 is 82.1. The van der Waals surface area contributed by atoms with Crippen LogP contribution in [0, 0.1) is 0 Å². The van der Waals surface area contributed by atoms with Crippen molar-refractivity contribution in [3.05, 3.63) is 28.7 Å². The van der Waals surface area contributed by atoms with Crippen molar-refractivity contribution < 1.29 is 35.9 Å². The molecule has 238 valence electrons. The molecule has 1 aliphatic rings. The lowest BCUT2D eigenvalue weighted by Gasteiger charge is -2.38. The number of piperidine rings is 1. The van der Waals surface area contributed by atoms with Gasteiger partial charge in [0.2, 0.25) is 0 Å². The molecule has 0 bridgehead atoms. The number of likely N-dealkylation sites (tertiary alicyclic amines) is 1. The highest BCUT2D eigenvalue weighted by atomic mass is 32.3. The average molecular weight is 656 g/mol. The summed E-state index contributed by atoms with van der Waals surface area (Å²) in [7, 11) is -3.93. The number of ether oxygens (including phenoxy) is 2. The van der Waals surface area contributed by atoms with Gasteiger partial charge in [0.05, 0.1) is 29.6 Å². The number of carbonyl (C=O) groups excluding carboxylic acids is 1. The van der Waals surface area contributed by atoms with Gasteiger partial charge in [-0.1, -0.05) is 0 Å². The fourth-order valence-electron chi connectivity index (χ4n) is 4.19. The van der Waals surface area contributed by atoms with Crippen LogP contribution in [0.25, 0.3) is 0 Å². The number of sulfonamides is 1. The van der Waals surface area contributed by atoms with E-state index in [4.69, 9.17) is 9.47 Å². The number of pyridine rings is 1. The minimum absolute atomic E-state index is 0.0383. The zero-order valence-corrected chi connectivity index (χ0v) is 27.4. The lowest BCUT2D eigenvalue weighted by atomic mass is 10.0. The Hall–Kier alpha value is -2.30. The molecule has 1 aliphatic heterocycles. The number of hydrogen-bond acceptors (Lipinski definition) is 9. The van der Waals surface area contributed by atoms with Gasteiger partial charge in [0.15, 0.2) is 10.8 Å². The first-order valence-corrected chi connectivity index (χ1v) is 18.6. The second-order valence-electron chi connectivity index (χ2n) is 11.9. The Kier molecular flexibility index (Phi) is 10.7. The topological polar surface area (TPSA) is 105 Å². The molecule has 0 saturated carbocycles. The molecule has 1 saturated heterocycles. The fourth-order valence-corrected chi connectivity index (χ4v) is 6.66. The third-order valence-electron chi connectivity index (χ3n) is 6.48. The summed E-state index contributed by atoms with van der Waals surface area (Å²) in [4.78, 5) is 23.4. The van der Waals surface area contributed by atoms with Crippen LogP contribution in [0.5, 0.6) is 0 Å². The smallest absolute Gasteiger partial charge is 0.418 e. The van der Waals surface area contributed by atoms with E-state index in [1.54, 1.807) is 20.8 Å². The van der Waals surface area contributed by atoms with Crippen molar-refractivity contribution in [3.63, 3.8) is 0 Å². The van der Waals surface area contributed by atoms with E-state index in [1.807, 2.05) is 0 Å². The summed E-state index contributed by atoms with van der Waals surface area (Å²) in [5.41, 5.74) is -0.600. The van der Waals surface area contributed by atoms with E-state index >= 15 is 0 Å². The number of hydrogen-bond donors (Lipinski definition) is 0. The molecule has 0 unspecified atom stereocenters. The van der Waals surface area contributed by atoms with Crippen LogP contribution in [0.1, 0.15) is 39.2 Å². The van der Waals surface area contributed by atoms with E-state index in [2.05, 4.69) is 28.7 Å². The van der Waals surface area contributed by atoms with E-state index in [-0.39, 0.29) is 24.2 Å². The van der Waals surface area contributed by atoms with Crippen molar-refractivity contribution in [2.24, 2.45) is 0 Å². The Morgan fingerprint density at radius 2 is 1.79 bits per heavy atom. The van der Waals surface area contributed by atoms with E-state index in [9.17, 15) is 26.4 Å². The molecule has 0 radical (unpaired) electrons. The number of alkyl halides is 3. The molecule has 0 spiro atoms. The Bertz CT molecular complexity index is 1300. The van der Waals surface area contributed by atoms with Crippen LogP contribution in [0.3, 0.4) is 0 Å². The van der Waals surface area contributed by atoms with Gasteiger partial charge in [-0.3, -0.25) is 0 Å². The number of carbonyl (C=O) groups is 1. The third-order valence-corrected chi connectivity index (χ3v) is 10.1. The van der Waals surface area contributed by atoms with Crippen molar-refractivity contribution in [3.8, 4) is 0 Å². The first kappa shape index (κ1) is 34.2. The predicted octanol–water partition coefficient (Wildman–Crippen LogP) is 5.26. The summed E-state index contributed by atoms with van der Waals surface area (Å²) in [5.74, 6) is 0.767. The Balaban J connectivity index is 1.84. The second kappa shape index (κ2) is 13.1. The van der Waals surface area contributed by atoms with Crippen molar-refractivity contribution in [2.75, 3.05) is 67.2 Å². The van der Waals surface area contributed by atoms with Crippen molar-refractivity contribution in [1.82, 2.24) is 14.9 Å². The maximum atomic E-state index is 14.3. The van der Waals surface area contributed by atoms with Gasteiger partial charge < -0.3 is 19.3 Å². The molecule has 3 heterocycles. The van der Waals surface area contributed by atoms with Crippen LogP contribution in [-0.2, 0) is 25.7 Å². The summed E-state index contributed by atoms with van der Waals surface area (Å²) >= 11 is 1.15. The lowest BCUT2D eigenvalue weighted by Crippen LogP contribution is -2.47. The number of anilines is 2. The fraction of sp³-hybridized carbons (Fsp3) is 0.654. The largest absolute Gasteiger partial charge is 0.444 e. The van der Waals surface area contributed by atoms with Crippen LogP contribution in [0.15, 0.2) is 28.2 Å². The van der Waals surface area contributed by atoms with Gasteiger partial charge in [0.1, 0.15) is 12.3 Å². The maximum Gasteiger partial charge on any atom is 0.418 e. The number of thiazole rings is 1. The van der Waals surface area contributed by atoms with E-state index in [0.29, 0.717) is 32.0 Å². The highest BCUT2D eigenvalue weighted by molar-refractivity contribution is 8.32. The first-order chi connectivity index (χ1) is 19.3. The number of amides is 1. The summed E-state index contributed by atoms with van der Waals surface area (Å²) in [6.07, 6.45) is 2.70. The lowest BCUT2D eigenvalue weighted by molar-refractivity contribution is -0.137. The van der Waals surface area contributed by atoms with Crippen LogP contribution in [0.2, 0.25) is 0 Å². The monoisotopic (exact) mass is 655 g/mol. The van der Waals surface area contributed by atoms with E-state index in [1.165, 1.54) is 27.7 Å². The summed E-state index contributed by atoms with van der Waals surface area (Å²) in [5, 5.41) is 0.719. The Labute approximate surface area is 251 Å². The number of rotatable bonds is 10. The van der Waals surface area contributed by atoms with E-state index < -0.39 is 55.2 Å². The highest BCUT2D eigenvalue weighted by Gasteiger charge is 2.39. The summed E-state index contributed by atoms with van der Waals surface area (Å²) in [6, 6.07) is 0.231. The SMILES string of the molecule is CN(c1cnc(S(=O)(=O)N(COCCS(C)(C)C)c2cscn2)cc1C(F)(F)F)C1CCN(C(=O)OC(C)(C)C)CC1. The Morgan fingerprint density at radius 1 is 1.14 bits per heavy atom. The van der Waals surface area contributed by atoms with Crippen molar-refractivity contribution in [1.29, 1.82) is 0 Å². The zero-order chi connectivity index (χ0) is 31.5. The van der Waals surface area contributed by atoms with Crippen LogP contribution in [0.4, 0.5) is 29.5 Å². The molecule has 42 heavy (non-hydrogen) atoms. The van der Waals surface area contributed by atoms with Gasteiger partial charge in [-0.15, -0.1) is 11.3 Å². The van der Waals surface area contributed by atoms with Crippen LogP contribution in [-0.4, -0.2) is 99.0 Å². The molecule has 2 aromatic rings. The molecular weight excluding hydrogens is 616 g/mol. The molecule has 0 aromatic carbocycles. The third kappa shape index (κ3) is 9.10. The standard InChI is InChI=1S/C26H40F3N5O5S3/c1-25(2,3)39-24(35)33-10-8-19(9-11-33)32(4)21-15-30-23(14-20(21)26(27,28)29)42(36,37)34(22-16-40-17-31-22)18-38-12-13-41(5,6)7/h14-17,19H,8-13,18H2,1-7H3. The first-order valence-electron chi connectivity index (χ1n) is 13.2. The molecule has 1 amide bonds. The normalized spacial score (nSPS) is 15.9. The minimum atomic E-state index is -4.86. The quantitative estimate of drug-likeness (QED) is 0.252. The van der Waals surface area contributed by atoms with Gasteiger partial charge in [-0.2, -0.15) is 21.6 Å². The maximum absolute atomic E-state index is 14.3. The molecule has 16 heteroatoms. The van der Waals surface area contributed by atoms with Crippen LogP contribution >= 0.6 is 21.4 Å². The van der Waals surface area contributed by atoms with Gasteiger partial charge in [0, 0.05) is 37.3 Å².